The van der Waals surface area contributed by atoms with Crippen LogP contribution in [0.15, 0.2) is 23.0 Å². The molecule has 1 aromatic heterocycles. The van der Waals surface area contributed by atoms with Crippen LogP contribution in [0.4, 0.5) is 13.2 Å². The number of halogens is 3. The molecule has 1 aromatic carbocycles. The maximum atomic E-state index is 12.8. The van der Waals surface area contributed by atoms with Gasteiger partial charge in [-0.15, -0.1) is 0 Å². The largest absolute Gasteiger partial charge is 0.418 e. The molecule has 7 heteroatoms. The van der Waals surface area contributed by atoms with Gasteiger partial charge in [-0.25, -0.2) is 4.98 Å². The van der Waals surface area contributed by atoms with Crippen molar-refractivity contribution in [1.82, 2.24) is 9.97 Å². The number of para-hydroxylation sites is 1. The summed E-state index contributed by atoms with van der Waals surface area (Å²) >= 11 is 0. The highest BCUT2D eigenvalue weighted by atomic mass is 19.4. The second-order valence-corrected chi connectivity index (χ2v) is 3.69. The molecule has 18 heavy (non-hydrogen) atoms. The molecule has 0 saturated carbocycles. The molecule has 0 bridgehead atoms. The third-order valence-electron chi connectivity index (χ3n) is 2.44. The number of aliphatic hydroxyl groups is 1. The fraction of sp³-hybridized carbons (Fsp3) is 0.273. The lowest BCUT2D eigenvalue weighted by atomic mass is 10.1. The number of fused-ring (bicyclic) bond motifs is 1. The van der Waals surface area contributed by atoms with Crippen molar-refractivity contribution in [3.63, 3.8) is 0 Å². The Morgan fingerprint density at radius 3 is 2.67 bits per heavy atom. The highest BCUT2D eigenvalue weighted by Crippen LogP contribution is 2.32. The van der Waals surface area contributed by atoms with Crippen LogP contribution in [0.2, 0.25) is 0 Å². The highest BCUT2D eigenvalue weighted by Gasteiger charge is 2.33. The number of aromatic nitrogens is 2. The second kappa shape index (κ2) is 4.41. The van der Waals surface area contributed by atoms with Crippen molar-refractivity contribution in [3.8, 4) is 0 Å². The van der Waals surface area contributed by atoms with E-state index in [2.05, 4.69) is 9.97 Å². The Bertz CT molecular complexity index is 634. The molecule has 2 rings (SSSR count). The van der Waals surface area contributed by atoms with Crippen LogP contribution in [0.5, 0.6) is 0 Å². The number of alkyl halides is 3. The van der Waals surface area contributed by atoms with Crippen LogP contribution in [0, 0.1) is 0 Å². The maximum absolute atomic E-state index is 12.8. The van der Waals surface area contributed by atoms with E-state index in [1.165, 1.54) is 6.07 Å². The molecule has 2 N–H and O–H groups in total. The fourth-order valence-electron chi connectivity index (χ4n) is 1.66. The number of aromatic amines is 1. The summed E-state index contributed by atoms with van der Waals surface area (Å²) in [4.78, 5) is 17.7. The first kappa shape index (κ1) is 12.6. The van der Waals surface area contributed by atoms with Gasteiger partial charge >= 0.3 is 6.18 Å². The Kier molecular flexibility index (Phi) is 3.08. The Hall–Kier alpha value is -1.89. The smallest absolute Gasteiger partial charge is 0.396 e. The van der Waals surface area contributed by atoms with E-state index in [-0.39, 0.29) is 24.2 Å². The minimum Gasteiger partial charge on any atom is -0.396 e. The van der Waals surface area contributed by atoms with Crippen molar-refractivity contribution in [2.24, 2.45) is 0 Å². The molecule has 0 atom stereocenters. The maximum Gasteiger partial charge on any atom is 0.418 e. The molecular weight excluding hydrogens is 249 g/mol. The summed E-state index contributed by atoms with van der Waals surface area (Å²) in [6.45, 7) is -0.303. The van der Waals surface area contributed by atoms with E-state index in [0.717, 1.165) is 12.1 Å². The molecule has 4 nitrogen and oxygen atoms in total. The van der Waals surface area contributed by atoms with E-state index >= 15 is 0 Å². The zero-order valence-corrected chi connectivity index (χ0v) is 9.08. The topological polar surface area (TPSA) is 66.0 Å². The summed E-state index contributed by atoms with van der Waals surface area (Å²) in [5, 5.41) is 8.61. The number of benzene rings is 1. The Balaban J connectivity index is 2.78. The lowest BCUT2D eigenvalue weighted by molar-refractivity contribution is -0.136. The lowest BCUT2D eigenvalue weighted by Gasteiger charge is -2.09. The van der Waals surface area contributed by atoms with Crippen LogP contribution < -0.4 is 5.56 Å². The van der Waals surface area contributed by atoms with Gasteiger partial charge in [0.1, 0.15) is 5.82 Å². The number of nitrogens with one attached hydrogen (secondary N) is 1. The van der Waals surface area contributed by atoms with Crippen LogP contribution in [0.25, 0.3) is 10.9 Å². The standard InChI is InChI=1S/C11H9F3N2O2/c12-11(13,14)7-3-1-2-6-9(7)15-8(4-5-17)16-10(6)18/h1-3,17H,4-5H2,(H,15,16,18). The van der Waals surface area contributed by atoms with Crippen LogP contribution in [-0.2, 0) is 12.6 Å². The van der Waals surface area contributed by atoms with Gasteiger partial charge in [0.05, 0.1) is 23.1 Å². The van der Waals surface area contributed by atoms with Crippen molar-refractivity contribution >= 4 is 10.9 Å². The van der Waals surface area contributed by atoms with E-state index in [1.54, 1.807) is 0 Å². The Morgan fingerprint density at radius 2 is 2.06 bits per heavy atom. The molecule has 0 aliphatic heterocycles. The molecule has 0 aliphatic rings. The number of hydrogen-bond acceptors (Lipinski definition) is 3. The van der Waals surface area contributed by atoms with Crippen LogP contribution >= 0.6 is 0 Å². The molecule has 0 aliphatic carbocycles. The van der Waals surface area contributed by atoms with Gasteiger partial charge in [-0.3, -0.25) is 4.79 Å². The lowest BCUT2D eigenvalue weighted by Crippen LogP contribution is -2.16. The third kappa shape index (κ3) is 2.21. The SMILES string of the molecule is O=c1[nH]c(CCO)nc2c(C(F)(F)F)cccc12. The monoisotopic (exact) mass is 258 g/mol. The summed E-state index contributed by atoms with van der Waals surface area (Å²) in [6, 6.07) is 3.31. The predicted molar refractivity (Wildman–Crippen MR) is 58.2 cm³/mol. The van der Waals surface area contributed by atoms with Crippen molar-refractivity contribution in [2.45, 2.75) is 12.6 Å². The molecule has 2 aromatic rings. The number of aliphatic hydroxyl groups excluding tert-OH is 1. The summed E-state index contributed by atoms with van der Waals surface area (Å²) in [5.74, 6) is 0.0340. The molecule has 0 unspecified atom stereocenters. The van der Waals surface area contributed by atoms with Crippen molar-refractivity contribution in [1.29, 1.82) is 0 Å². The van der Waals surface area contributed by atoms with E-state index in [1.807, 2.05) is 0 Å². The van der Waals surface area contributed by atoms with E-state index in [0.29, 0.717) is 0 Å². The fourth-order valence-corrected chi connectivity index (χ4v) is 1.66. The molecule has 96 valence electrons. The summed E-state index contributed by atoms with van der Waals surface area (Å²) in [5.41, 5.74) is -1.99. The van der Waals surface area contributed by atoms with Gasteiger partial charge in [-0.1, -0.05) is 6.07 Å². The molecule has 1 heterocycles. The van der Waals surface area contributed by atoms with Gasteiger partial charge in [0.25, 0.3) is 5.56 Å². The summed E-state index contributed by atoms with van der Waals surface area (Å²) in [7, 11) is 0. The van der Waals surface area contributed by atoms with Crippen LogP contribution in [0.1, 0.15) is 11.4 Å². The molecule has 0 radical (unpaired) electrons. The van der Waals surface area contributed by atoms with Crippen LogP contribution in [0.3, 0.4) is 0 Å². The third-order valence-corrected chi connectivity index (χ3v) is 2.44. The van der Waals surface area contributed by atoms with E-state index in [9.17, 15) is 18.0 Å². The molecule has 0 fully saturated rings. The first-order valence-electron chi connectivity index (χ1n) is 5.13. The zero-order valence-electron chi connectivity index (χ0n) is 9.08. The van der Waals surface area contributed by atoms with Gasteiger partial charge in [0.15, 0.2) is 0 Å². The van der Waals surface area contributed by atoms with E-state index in [4.69, 9.17) is 5.11 Å². The minimum atomic E-state index is -4.57. The van der Waals surface area contributed by atoms with Gasteiger partial charge in [0, 0.05) is 6.42 Å². The average molecular weight is 258 g/mol. The van der Waals surface area contributed by atoms with Crippen molar-refractivity contribution < 1.29 is 18.3 Å². The van der Waals surface area contributed by atoms with Crippen molar-refractivity contribution in [3.05, 3.63) is 39.9 Å². The normalized spacial score (nSPS) is 12.0. The van der Waals surface area contributed by atoms with E-state index < -0.39 is 22.8 Å². The quantitative estimate of drug-likeness (QED) is 0.857. The Morgan fingerprint density at radius 1 is 1.33 bits per heavy atom. The summed E-state index contributed by atoms with van der Waals surface area (Å²) in [6.07, 6.45) is -4.58. The minimum absolute atomic E-state index is 0.00261. The summed E-state index contributed by atoms with van der Waals surface area (Å²) < 4.78 is 38.3. The Labute approximate surface area is 99.1 Å². The number of rotatable bonds is 2. The molecule has 0 amide bonds. The first-order valence-corrected chi connectivity index (χ1v) is 5.13. The van der Waals surface area contributed by atoms with Crippen molar-refractivity contribution in [2.75, 3.05) is 6.61 Å². The number of H-pyrrole nitrogens is 1. The van der Waals surface area contributed by atoms with Gasteiger partial charge in [-0.2, -0.15) is 13.2 Å². The number of nitrogens with zero attached hydrogens (tertiary/aromatic N) is 1. The second-order valence-electron chi connectivity index (χ2n) is 3.69. The van der Waals surface area contributed by atoms with Gasteiger partial charge in [0.2, 0.25) is 0 Å². The number of hydrogen-bond donors (Lipinski definition) is 2. The van der Waals surface area contributed by atoms with Gasteiger partial charge < -0.3 is 10.1 Å². The first-order chi connectivity index (χ1) is 8.43. The highest BCUT2D eigenvalue weighted by molar-refractivity contribution is 5.81. The predicted octanol–water partition coefficient (Wildman–Crippen LogP) is 1.48. The molecular formula is C11H9F3N2O2. The average Bonchev–Trinajstić information content (AvgIpc) is 2.27. The van der Waals surface area contributed by atoms with Gasteiger partial charge in [-0.05, 0) is 12.1 Å². The molecule has 0 saturated heterocycles. The molecule has 0 spiro atoms. The van der Waals surface area contributed by atoms with Crippen LogP contribution in [-0.4, -0.2) is 21.7 Å². The zero-order chi connectivity index (χ0) is 13.3.